The maximum atomic E-state index is 12.9. The number of hydrogen-bond donors (Lipinski definition) is 0. The van der Waals surface area contributed by atoms with E-state index in [-0.39, 0.29) is 22.1 Å². The average Bonchev–Trinajstić information content (AvgIpc) is 2.89. The fourth-order valence-corrected chi connectivity index (χ4v) is 2.65. The van der Waals surface area contributed by atoms with Crippen LogP contribution in [-0.4, -0.2) is 14.4 Å². The fourth-order valence-electron chi connectivity index (χ4n) is 2.14. The molecule has 0 atom stereocenters. The van der Waals surface area contributed by atoms with E-state index in [0.29, 0.717) is 12.3 Å². The van der Waals surface area contributed by atoms with E-state index >= 15 is 0 Å². The third-order valence-corrected chi connectivity index (χ3v) is 3.89. The lowest BCUT2D eigenvalue weighted by molar-refractivity contribution is -0.138. The predicted octanol–water partition coefficient (Wildman–Crippen LogP) is 5.74. The molecule has 0 saturated heterocycles. The molecule has 132 valence electrons. The minimum absolute atomic E-state index is 0.127. The molecule has 0 radical (unpaired) electrons. The molecule has 3 aromatic heterocycles. The first-order valence-corrected chi connectivity index (χ1v) is 7.21. The second-order valence-electron chi connectivity index (χ2n) is 4.96. The Bertz CT molecular complexity index is 962. The van der Waals surface area contributed by atoms with Crippen LogP contribution in [0.1, 0.15) is 11.1 Å². The summed E-state index contributed by atoms with van der Waals surface area (Å²) < 4.78 is 77.8. The van der Waals surface area contributed by atoms with Crippen LogP contribution in [0.5, 0.6) is 0 Å². The van der Waals surface area contributed by atoms with Crippen LogP contribution < -0.4 is 0 Å². The van der Waals surface area contributed by atoms with E-state index < -0.39 is 28.5 Å². The normalized spacial score (nSPS) is 12.8. The molecule has 0 N–H and O–H groups in total. The number of rotatable bonds is 1. The van der Waals surface area contributed by atoms with Gasteiger partial charge in [-0.05, 0) is 12.1 Å². The number of aromatic nitrogens is 3. The smallest absolute Gasteiger partial charge is 0.296 e. The lowest BCUT2D eigenvalue weighted by atomic mass is 10.2. The molecule has 0 unspecified atom stereocenters. The van der Waals surface area contributed by atoms with Crippen molar-refractivity contribution in [1.82, 2.24) is 14.4 Å². The molecular formula is C14H5Cl2F6N3. The number of nitrogens with zero attached hydrogens (tertiary/aromatic N) is 3. The van der Waals surface area contributed by atoms with Gasteiger partial charge in [0.05, 0.1) is 32.9 Å². The highest BCUT2D eigenvalue weighted by Crippen LogP contribution is 2.36. The van der Waals surface area contributed by atoms with Crippen molar-refractivity contribution in [2.45, 2.75) is 12.4 Å². The standard InChI is InChI=1S/C14H5Cl2F6N3/c15-8-2-7(14(20,21)22)5-25-10(8)4-24-12(25)11-9(16)1-6(3-23-11)13(17,18)19/h1-5H. The molecule has 0 aliphatic rings. The SMILES string of the molecule is FC(F)(F)c1cnc(-c2ncc3c(Cl)cc(C(F)(F)F)cn23)c(Cl)c1. The topological polar surface area (TPSA) is 30.2 Å². The van der Waals surface area contributed by atoms with E-state index in [2.05, 4.69) is 9.97 Å². The largest absolute Gasteiger partial charge is 0.417 e. The number of alkyl halides is 6. The molecular weight excluding hydrogens is 395 g/mol. The molecule has 11 heteroatoms. The molecule has 0 aromatic carbocycles. The average molecular weight is 400 g/mol. The van der Waals surface area contributed by atoms with Crippen LogP contribution >= 0.6 is 23.2 Å². The summed E-state index contributed by atoms with van der Waals surface area (Å²) in [5.74, 6) is -0.165. The third-order valence-electron chi connectivity index (χ3n) is 3.30. The minimum atomic E-state index is -4.67. The van der Waals surface area contributed by atoms with Crippen molar-refractivity contribution in [3.8, 4) is 11.5 Å². The first-order valence-electron chi connectivity index (χ1n) is 6.45. The van der Waals surface area contributed by atoms with Crippen LogP contribution in [0.3, 0.4) is 0 Å². The van der Waals surface area contributed by atoms with Crippen molar-refractivity contribution < 1.29 is 26.3 Å². The molecule has 0 aliphatic heterocycles. The second-order valence-corrected chi connectivity index (χ2v) is 5.78. The van der Waals surface area contributed by atoms with Crippen molar-refractivity contribution in [2.24, 2.45) is 0 Å². The van der Waals surface area contributed by atoms with Crippen LogP contribution in [0.2, 0.25) is 10.0 Å². The molecule has 25 heavy (non-hydrogen) atoms. The van der Waals surface area contributed by atoms with Crippen LogP contribution in [0, 0.1) is 0 Å². The van der Waals surface area contributed by atoms with E-state index in [1.54, 1.807) is 0 Å². The Kier molecular flexibility index (Phi) is 4.11. The summed E-state index contributed by atoms with van der Waals surface area (Å²) in [7, 11) is 0. The molecule has 3 heterocycles. The first kappa shape index (κ1) is 17.8. The molecule has 0 fully saturated rings. The van der Waals surface area contributed by atoms with Crippen molar-refractivity contribution in [1.29, 1.82) is 0 Å². The summed E-state index contributed by atoms with van der Waals surface area (Å²) in [6.45, 7) is 0. The number of imidazole rings is 1. The van der Waals surface area contributed by atoms with Crippen LogP contribution in [0.15, 0.2) is 30.7 Å². The van der Waals surface area contributed by atoms with Gasteiger partial charge in [-0.25, -0.2) is 4.98 Å². The maximum absolute atomic E-state index is 12.9. The van der Waals surface area contributed by atoms with Gasteiger partial charge in [-0.3, -0.25) is 9.38 Å². The van der Waals surface area contributed by atoms with Crippen molar-refractivity contribution in [2.75, 3.05) is 0 Å². The van der Waals surface area contributed by atoms with Gasteiger partial charge in [0.25, 0.3) is 0 Å². The van der Waals surface area contributed by atoms with Crippen molar-refractivity contribution in [3.63, 3.8) is 0 Å². The van der Waals surface area contributed by atoms with E-state index in [0.717, 1.165) is 16.7 Å². The van der Waals surface area contributed by atoms with Gasteiger partial charge in [0, 0.05) is 12.4 Å². The number of hydrogen-bond acceptors (Lipinski definition) is 2. The summed E-state index contributed by atoms with van der Waals surface area (Å²) in [6, 6.07) is 1.35. The Morgan fingerprint density at radius 3 is 1.96 bits per heavy atom. The lowest BCUT2D eigenvalue weighted by Gasteiger charge is -2.11. The zero-order chi connectivity index (χ0) is 18.6. The lowest BCUT2D eigenvalue weighted by Crippen LogP contribution is -2.08. The van der Waals surface area contributed by atoms with Crippen molar-refractivity contribution in [3.05, 3.63) is 51.9 Å². The highest BCUT2D eigenvalue weighted by Gasteiger charge is 2.33. The monoisotopic (exact) mass is 399 g/mol. The summed E-state index contributed by atoms with van der Waals surface area (Å²) in [6.07, 6.45) is -6.91. The maximum Gasteiger partial charge on any atom is 0.417 e. The van der Waals surface area contributed by atoms with Gasteiger partial charge >= 0.3 is 12.4 Å². The molecule has 3 nitrogen and oxygen atoms in total. The molecule has 0 saturated carbocycles. The van der Waals surface area contributed by atoms with Gasteiger partial charge < -0.3 is 0 Å². The Morgan fingerprint density at radius 2 is 1.40 bits per heavy atom. The highest BCUT2D eigenvalue weighted by molar-refractivity contribution is 6.34. The summed E-state index contributed by atoms with van der Waals surface area (Å²) in [5.41, 5.74) is -2.21. The van der Waals surface area contributed by atoms with Crippen LogP contribution in [0.4, 0.5) is 26.3 Å². The van der Waals surface area contributed by atoms with E-state index in [1.807, 2.05) is 0 Å². The van der Waals surface area contributed by atoms with Crippen molar-refractivity contribution >= 4 is 28.7 Å². The minimum Gasteiger partial charge on any atom is -0.296 e. The molecule has 0 amide bonds. The molecule has 0 bridgehead atoms. The number of halogens is 8. The zero-order valence-corrected chi connectivity index (χ0v) is 13.3. The number of pyridine rings is 2. The first-order chi connectivity index (χ1) is 11.5. The highest BCUT2D eigenvalue weighted by atomic mass is 35.5. The van der Waals surface area contributed by atoms with Gasteiger partial charge in [0.15, 0.2) is 5.82 Å². The van der Waals surface area contributed by atoms with Crippen LogP contribution in [-0.2, 0) is 12.4 Å². The fraction of sp³-hybridized carbons (Fsp3) is 0.143. The molecule has 3 rings (SSSR count). The summed E-state index contributed by atoms with van der Waals surface area (Å²) in [4.78, 5) is 7.48. The zero-order valence-electron chi connectivity index (χ0n) is 11.8. The Labute approximate surface area is 145 Å². The molecule has 3 aromatic rings. The van der Waals surface area contributed by atoms with E-state index in [9.17, 15) is 26.3 Å². The van der Waals surface area contributed by atoms with Gasteiger partial charge in [0.1, 0.15) is 5.69 Å². The van der Waals surface area contributed by atoms with Crippen LogP contribution in [0.25, 0.3) is 17.0 Å². The Morgan fingerprint density at radius 1 is 0.800 bits per heavy atom. The number of fused-ring (bicyclic) bond motifs is 1. The van der Waals surface area contributed by atoms with Gasteiger partial charge in [0.2, 0.25) is 0 Å². The summed E-state index contributed by atoms with van der Waals surface area (Å²) in [5, 5.41) is -0.632. The Balaban J connectivity index is 2.21. The predicted molar refractivity (Wildman–Crippen MR) is 78.4 cm³/mol. The third kappa shape index (κ3) is 3.25. The van der Waals surface area contributed by atoms with E-state index in [4.69, 9.17) is 23.2 Å². The molecule has 0 spiro atoms. The summed E-state index contributed by atoms with van der Waals surface area (Å²) >= 11 is 11.7. The quantitative estimate of drug-likeness (QED) is 0.488. The van der Waals surface area contributed by atoms with Gasteiger partial charge in [-0.1, -0.05) is 23.2 Å². The molecule has 0 aliphatic carbocycles. The van der Waals surface area contributed by atoms with Gasteiger partial charge in [-0.15, -0.1) is 0 Å². The van der Waals surface area contributed by atoms with Gasteiger partial charge in [-0.2, -0.15) is 26.3 Å². The second kappa shape index (κ2) is 5.77. The Hall–Kier alpha value is -2.00. The van der Waals surface area contributed by atoms with E-state index in [1.165, 1.54) is 6.20 Å².